The van der Waals surface area contributed by atoms with Gasteiger partial charge in [-0.1, -0.05) is 126 Å². The van der Waals surface area contributed by atoms with Crippen LogP contribution >= 0.6 is 11.6 Å². The van der Waals surface area contributed by atoms with Crippen molar-refractivity contribution in [2.45, 2.75) is 328 Å². The number of carboxylic acids is 1. The van der Waals surface area contributed by atoms with Gasteiger partial charge in [-0.3, -0.25) is 95.9 Å². The van der Waals surface area contributed by atoms with Crippen LogP contribution in [0.1, 0.15) is 230 Å². The van der Waals surface area contributed by atoms with Crippen LogP contribution in [0.5, 0.6) is 5.75 Å². The van der Waals surface area contributed by atoms with Crippen molar-refractivity contribution in [1.29, 1.82) is 0 Å². The van der Waals surface area contributed by atoms with Crippen LogP contribution in [-0.4, -0.2) is 234 Å². The zero-order valence-electron chi connectivity index (χ0n) is 81.7. The van der Waals surface area contributed by atoms with Crippen molar-refractivity contribution in [2.24, 2.45) is 35.1 Å². The van der Waals surface area contributed by atoms with Crippen LogP contribution in [0.2, 0.25) is 5.02 Å². The molecule has 5 rings (SSSR count). The summed E-state index contributed by atoms with van der Waals surface area (Å²) in [5.41, 5.74) is 8.63. The van der Waals surface area contributed by atoms with E-state index in [0.29, 0.717) is 64.7 Å². The quantitative estimate of drug-likeness (QED) is 0.0286. The molecule has 41 nitrogen and oxygen atoms in total. The molecule has 3 aromatic carbocycles. The fraction of sp³-hybridized carbons (Fsp3) is 0.567. The number of aliphatic hydroxyl groups is 1. The number of fused-ring (bicyclic) bond motifs is 1. The normalized spacial score (nSPS) is 21.9. The van der Waals surface area contributed by atoms with Gasteiger partial charge in [-0.15, -0.1) is 0 Å². The number of aliphatic carboxylic acids is 1. The Labute approximate surface area is 814 Å². The van der Waals surface area contributed by atoms with Gasteiger partial charge in [0.1, 0.15) is 83.3 Å². The smallest absolute Gasteiger partial charge is 0.303 e. The average molecular weight is 1960 g/mol. The third-order valence-corrected chi connectivity index (χ3v) is 24.0. The third kappa shape index (κ3) is 39.3. The minimum Gasteiger partial charge on any atom is -0.508 e. The number of hydrogen-bond acceptors (Lipinski definition) is 22. The van der Waals surface area contributed by atoms with E-state index in [2.05, 4.69) is 84.7 Å². The predicted octanol–water partition coefficient (Wildman–Crippen LogP) is 2.09. The Bertz CT molecular complexity index is 5030. The SMILES string of the molecule is CC(=O)N[C@@H](CC(C)C)C(=O)N[C@H](C(=O)N[C@@H](Cc1ccccc1)C(=O)N[C@]1(C)CCCCCC/C=C/CCC[C@@](C)(C(=O)N[C@@H](C)C(=O)N[C@@H](C)C(=O)N[C@@H](C)C(=O)N[C@@H](C)C(=O)N[C@@H](C)C(=O)C[C@H](C)C(N)=O)NC(=O)[C@H](CC(C)C)CC(=O)[C@H](CCC(N)=O)NC(=O)[C@H](C)NC(=O)[C@H](Cc2c[nH]c3cc(Cl)ccc23)NC(=O)[C@H](Cc2ccc(O)cc2)NC(=O)[C@H](CCC(=O)O)NC1=O)[C@@H](C)O. The van der Waals surface area contributed by atoms with Crippen molar-refractivity contribution < 1.29 is 111 Å². The van der Waals surface area contributed by atoms with E-state index in [-0.39, 0.29) is 75.4 Å². The number of amides is 17. The van der Waals surface area contributed by atoms with Crippen molar-refractivity contribution in [3.63, 3.8) is 0 Å². The summed E-state index contributed by atoms with van der Waals surface area (Å²) in [6, 6.07) is -0.786. The van der Waals surface area contributed by atoms with Crippen molar-refractivity contribution in [3.8, 4) is 5.75 Å². The van der Waals surface area contributed by atoms with E-state index in [1.54, 1.807) is 76.2 Å². The number of ketones is 2. The molecule has 42 heteroatoms. The summed E-state index contributed by atoms with van der Waals surface area (Å²) in [6.45, 7) is 21.6. The highest BCUT2D eigenvalue weighted by atomic mass is 35.5. The fourth-order valence-electron chi connectivity index (χ4n) is 15.4. The van der Waals surface area contributed by atoms with E-state index in [1.807, 2.05) is 12.2 Å². The molecule has 0 radical (unpaired) electrons. The predicted molar refractivity (Wildman–Crippen MR) is 515 cm³/mol. The summed E-state index contributed by atoms with van der Waals surface area (Å²) < 4.78 is 0. The lowest BCUT2D eigenvalue weighted by Crippen LogP contribution is -2.65. The lowest BCUT2D eigenvalue weighted by Gasteiger charge is -2.34. The number of nitrogens with one attached hydrogen (secondary N) is 16. The number of aromatic hydroxyl groups is 1. The Kier molecular flexibility index (Phi) is 46.8. The molecule has 0 aliphatic carbocycles. The fourth-order valence-corrected chi connectivity index (χ4v) is 15.6. The number of allylic oxidation sites excluding steroid dienone is 2. The standard InChI is InChI=1S/C97H141ClN18O23/c1-51(2)42-64-48-77(121)69(36-38-78(99)122)109-86(130)58(10)106-89(133)75(47-65-50-101-71-49-66(98)32-35-68(65)71)111-90(134)73(46-63-30-33-67(119)34-31-63)110-88(132)70(37-39-79(123)124)113-95(139)97(15,116-92(136)74(45-62-28-24-23-25-29-62)112-93(137)80(60(12)117)114-91(135)72(43-52(3)4)108-61(13)118)41-27-22-20-18-16-17-19-21-26-40-96(14,115-87(64)131)94(138)107-59(11)85(129)105-57(9)84(128)104-56(8)83(127)103-55(7)82(126)102-54(6)76(120)44-53(5)81(100)125/h17,19,23-25,28-35,49-60,64,69-70,72-75,80,101,117,119H,16,18,20-22,26-27,36-48H2,1-15H3,(H2,99,122)(H2,100,125)(H,102,126)(H,103,127)(H,104,128)(H,105,129)(H,106,133)(H,107,138)(H,108,118)(H,109,130)(H,110,132)(H,111,134)(H,112,137)(H,113,139)(H,114,135)(H,115,131)(H,116,136)(H,123,124)/b19-17+/t53-,54-,55-,56-,57-,58-,59-,60+,64+,69-,70-,72-,73-,74-,75-,80-,96-,97+/m0/s1. The number of H-pyrrole nitrogens is 1. The van der Waals surface area contributed by atoms with Gasteiger partial charge in [0, 0.05) is 85.8 Å². The van der Waals surface area contributed by atoms with Crippen LogP contribution in [-0.2, 0) is 115 Å². The number of aliphatic hydroxyl groups excluding tert-OH is 1. The van der Waals surface area contributed by atoms with E-state index in [1.165, 1.54) is 107 Å². The molecule has 0 bridgehead atoms. The van der Waals surface area contributed by atoms with Crippen molar-refractivity contribution in [1.82, 2.24) is 84.7 Å². The highest BCUT2D eigenvalue weighted by molar-refractivity contribution is 6.31. The highest BCUT2D eigenvalue weighted by Crippen LogP contribution is 2.27. The van der Waals surface area contributed by atoms with E-state index in [4.69, 9.17) is 23.1 Å². The topological polar surface area (TPSA) is 650 Å². The van der Waals surface area contributed by atoms with Gasteiger partial charge < -0.3 is 112 Å². The monoisotopic (exact) mass is 1960 g/mol. The zero-order valence-corrected chi connectivity index (χ0v) is 82.5. The number of aromatic amines is 1. The molecular weight excluding hydrogens is 1820 g/mol. The summed E-state index contributed by atoms with van der Waals surface area (Å²) in [7, 11) is 0. The Balaban J connectivity index is 1.59. The molecule has 0 spiro atoms. The van der Waals surface area contributed by atoms with Gasteiger partial charge >= 0.3 is 5.97 Å². The first-order valence-electron chi connectivity index (χ1n) is 47.0. The lowest BCUT2D eigenvalue weighted by atomic mass is 9.86. The number of aromatic nitrogens is 1. The molecule has 2 heterocycles. The number of rotatable bonds is 38. The molecule has 1 aliphatic heterocycles. The van der Waals surface area contributed by atoms with Gasteiger partial charge in [0.25, 0.3) is 0 Å². The Morgan fingerprint density at radius 3 is 1.64 bits per heavy atom. The summed E-state index contributed by atoms with van der Waals surface area (Å²) >= 11 is 6.39. The highest BCUT2D eigenvalue weighted by Gasteiger charge is 2.44. The maximum atomic E-state index is 15.6. The van der Waals surface area contributed by atoms with Gasteiger partial charge in [0.15, 0.2) is 11.6 Å². The second-order valence-corrected chi connectivity index (χ2v) is 37.8. The molecule has 1 aromatic heterocycles. The minimum absolute atomic E-state index is 0.000405. The van der Waals surface area contributed by atoms with Gasteiger partial charge in [-0.05, 0) is 179 Å². The van der Waals surface area contributed by atoms with Crippen LogP contribution in [0.4, 0.5) is 0 Å². The molecule has 0 saturated carbocycles. The van der Waals surface area contributed by atoms with Crippen molar-refractivity contribution >= 4 is 140 Å². The Morgan fingerprint density at radius 1 is 0.532 bits per heavy atom. The molecule has 0 saturated heterocycles. The van der Waals surface area contributed by atoms with Crippen LogP contribution in [0.15, 0.2) is 91.1 Å². The van der Waals surface area contributed by atoms with E-state index in [9.17, 15) is 82.4 Å². The first kappa shape index (κ1) is 116. The minimum atomic E-state index is -2.09. The molecule has 18 atom stereocenters. The zero-order chi connectivity index (χ0) is 104. The van der Waals surface area contributed by atoms with E-state index >= 15 is 28.8 Å². The van der Waals surface area contributed by atoms with E-state index < -0.39 is 264 Å². The number of phenols is 1. The van der Waals surface area contributed by atoms with Crippen molar-refractivity contribution in [3.05, 3.63) is 113 Å². The third-order valence-electron chi connectivity index (χ3n) is 23.8. The number of nitrogens with two attached hydrogens (primary N) is 2. The molecular formula is C97H141ClN18O23. The number of primary amides is 2. The summed E-state index contributed by atoms with van der Waals surface area (Å²) in [6.07, 6.45) is 1.72. The van der Waals surface area contributed by atoms with Gasteiger partial charge in [-0.2, -0.15) is 0 Å². The molecule has 764 valence electrons. The summed E-state index contributed by atoms with van der Waals surface area (Å²) in [5, 5.41) is 71.6. The second-order valence-electron chi connectivity index (χ2n) is 37.4. The first-order chi connectivity index (χ1) is 65.2. The largest absolute Gasteiger partial charge is 0.508 e. The van der Waals surface area contributed by atoms with Gasteiger partial charge in [-0.25, -0.2) is 0 Å². The number of halogens is 1. The molecule has 23 N–H and O–H groups in total. The van der Waals surface area contributed by atoms with Gasteiger partial charge in [0.2, 0.25) is 100 Å². The Morgan fingerprint density at radius 2 is 1.08 bits per heavy atom. The molecule has 17 amide bonds. The summed E-state index contributed by atoms with van der Waals surface area (Å²) in [4.78, 5) is 283. The summed E-state index contributed by atoms with van der Waals surface area (Å²) in [5.74, 6) is -20.9. The number of phenolic OH excluding ortho intramolecular Hbond substituents is 1. The average Bonchev–Trinajstić information content (AvgIpc) is 1.05. The lowest BCUT2D eigenvalue weighted by molar-refractivity contribution is -0.140. The molecule has 139 heavy (non-hydrogen) atoms. The van der Waals surface area contributed by atoms with Crippen LogP contribution in [0.25, 0.3) is 10.9 Å². The van der Waals surface area contributed by atoms with Crippen LogP contribution in [0.3, 0.4) is 0 Å². The molecule has 1 aliphatic rings. The number of carbonyl (C=O) groups excluding carboxylic acids is 19. The van der Waals surface area contributed by atoms with Crippen LogP contribution in [0, 0.1) is 23.7 Å². The van der Waals surface area contributed by atoms with E-state index in [0.717, 1.165) is 0 Å². The Hall–Kier alpha value is -13.2. The first-order valence-corrected chi connectivity index (χ1v) is 47.4. The second kappa shape index (κ2) is 56.0. The molecule has 4 aromatic rings. The number of Topliss-reactive ketones (excluding diaryl/α,β-unsaturated/α-hetero) is 2. The van der Waals surface area contributed by atoms with Crippen LogP contribution < -0.4 is 91.2 Å². The van der Waals surface area contributed by atoms with Gasteiger partial charge in [0.05, 0.1) is 18.2 Å². The maximum Gasteiger partial charge on any atom is 0.303 e. The maximum absolute atomic E-state index is 15.6. The number of carbonyl (C=O) groups is 20. The number of hydrogen-bond donors (Lipinski definition) is 21. The number of benzene rings is 3. The van der Waals surface area contributed by atoms with Crippen molar-refractivity contribution in [2.75, 3.05) is 0 Å². The molecule has 0 fully saturated rings. The number of carboxylic acid groups (broad SMARTS) is 1. The molecule has 0 unspecified atom stereocenters.